The van der Waals surface area contributed by atoms with Crippen LogP contribution in [0.3, 0.4) is 0 Å². The van der Waals surface area contributed by atoms with Crippen LogP contribution >= 0.6 is 0 Å². The Morgan fingerprint density at radius 2 is 1.83 bits per heavy atom. The van der Waals surface area contributed by atoms with E-state index in [4.69, 9.17) is 0 Å². The summed E-state index contributed by atoms with van der Waals surface area (Å²) in [6.07, 6.45) is 4.87. The van der Waals surface area contributed by atoms with Crippen LogP contribution in [0, 0.1) is 17.6 Å². The zero-order valence-electron chi connectivity index (χ0n) is 14.6. The topological polar surface area (TPSA) is 17.8 Å². The number of nitrogens with zero attached hydrogens (tertiary/aromatic N) is 2. The van der Waals surface area contributed by atoms with Crippen LogP contribution in [-0.4, -0.2) is 9.78 Å². The van der Waals surface area contributed by atoms with Gasteiger partial charge in [-0.15, -0.1) is 0 Å². The molecular weight excluding hydrogens is 294 g/mol. The van der Waals surface area contributed by atoms with E-state index in [0.29, 0.717) is 11.8 Å². The standard InChI is InChI=1S/C19H26F2N2/c1-13(2)15-10-22-23(12-15)11-14(3)9-19(4,5)16-6-7-17(20)18(21)8-16/h6-8,10,12-14H,9,11H2,1-5H3. The van der Waals surface area contributed by atoms with Crippen LogP contribution in [-0.2, 0) is 12.0 Å². The number of hydrogen-bond donors (Lipinski definition) is 0. The molecule has 0 radical (unpaired) electrons. The minimum Gasteiger partial charge on any atom is -0.272 e. The molecule has 4 heteroatoms. The number of hydrogen-bond acceptors (Lipinski definition) is 1. The monoisotopic (exact) mass is 320 g/mol. The van der Waals surface area contributed by atoms with Gasteiger partial charge >= 0.3 is 0 Å². The maximum atomic E-state index is 13.5. The van der Waals surface area contributed by atoms with E-state index in [1.54, 1.807) is 6.07 Å². The average molecular weight is 320 g/mol. The highest BCUT2D eigenvalue weighted by Crippen LogP contribution is 2.32. The SMILES string of the molecule is CC(Cn1cc(C(C)C)cn1)CC(C)(C)c1ccc(F)c(F)c1. The maximum absolute atomic E-state index is 13.5. The van der Waals surface area contributed by atoms with E-state index in [9.17, 15) is 8.78 Å². The van der Waals surface area contributed by atoms with Crippen molar-refractivity contribution < 1.29 is 8.78 Å². The first kappa shape index (κ1) is 17.6. The van der Waals surface area contributed by atoms with Crippen molar-refractivity contribution in [1.29, 1.82) is 0 Å². The van der Waals surface area contributed by atoms with Crippen molar-refractivity contribution in [2.24, 2.45) is 5.92 Å². The van der Waals surface area contributed by atoms with E-state index in [0.717, 1.165) is 18.5 Å². The van der Waals surface area contributed by atoms with Gasteiger partial charge in [0, 0.05) is 12.7 Å². The lowest BCUT2D eigenvalue weighted by molar-refractivity contribution is 0.333. The van der Waals surface area contributed by atoms with Crippen LogP contribution in [0.2, 0.25) is 0 Å². The molecule has 0 aliphatic heterocycles. The zero-order valence-corrected chi connectivity index (χ0v) is 14.6. The quantitative estimate of drug-likeness (QED) is 0.707. The molecule has 126 valence electrons. The second-order valence-corrected chi connectivity index (χ2v) is 7.47. The van der Waals surface area contributed by atoms with Gasteiger partial charge in [-0.1, -0.05) is 40.7 Å². The molecule has 0 bridgehead atoms. The van der Waals surface area contributed by atoms with Gasteiger partial charge in [-0.25, -0.2) is 8.78 Å². The van der Waals surface area contributed by atoms with Crippen LogP contribution in [0.15, 0.2) is 30.6 Å². The highest BCUT2D eigenvalue weighted by atomic mass is 19.2. The number of halogens is 2. The van der Waals surface area contributed by atoms with Gasteiger partial charge in [0.2, 0.25) is 0 Å². The smallest absolute Gasteiger partial charge is 0.159 e. The molecule has 2 rings (SSSR count). The zero-order chi connectivity index (χ0) is 17.2. The van der Waals surface area contributed by atoms with Crippen molar-refractivity contribution in [1.82, 2.24) is 9.78 Å². The predicted molar refractivity (Wildman–Crippen MR) is 89.5 cm³/mol. The van der Waals surface area contributed by atoms with Crippen molar-refractivity contribution >= 4 is 0 Å². The first-order valence-corrected chi connectivity index (χ1v) is 8.17. The largest absolute Gasteiger partial charge is 0.272 e. The molecule has 1 aromatic heterocycles. The van der Waals surface area contributed by atoms with Crippen LogP contribution in [0.5, 0.6) is 0 Å². The Hall–Kier alpha value is -1.71. The molecule has 1 heterocycles. The van der Waals surface area contributed by atoms with Gasteiger partial charge in [0.25, 0.3) is 0 Å². The number of aromatic nitrogens is 2. The molecule has 1 aromatic carbocycles. The minimum atomic E-state index is -0.796. The Labute approximate surface area is 137 Å². The molecule has 0 saturated carbocycles. The van der Waals surface area contributed by atoms with Crippen LogP contribution in [0.4, 0.5) is 8.78 Å². The molecule has 0 spiro atoms. The van der Waals surface area contributed by atoms with Crippen molar-refractivity contribution in [3.8, 4) is 0 Å². The Kier molecular flexibility index (Phi) is 5.23. The molecule has 2 nitrogen and oxygen atoms in total. The molecule has 0 N–H and O–H groups in total. The summed E-state index contributed by atoms with van der Waals surface area (Å²) in [5, 5.41) is 4.41. The molecule has 0 saturated heterocycles. The molecule has 0 aliphatic carbocycles. The third-order valence-corrected chi connectivity index (χ3v) is 4.38. The van der Waals surface area contributed by atoms with Crippen molar-refractivity contribution in [3.05, 3.63) is 53.4 Å². The van der Waals surface area contributed by atoms with Crippen molar-refractivity contribution in [2.75, 3.05) is 0 Å². The molecular formula is C19H26F2N2. The number of benzene rings is 1. The number of rotatable bonds is 6. The van der Waals surface area contributed by atoms with E-state index in [1.807, 2.05) is 10.9 Å². The average Bonchev–Trinajstić information content (AvgIpc) is 2.89. The lowest BCUT2D eigenvalue weighted by Gasteiger charge is -2.29. The van der Waals surface area contributed by atoms with E-state index < -0.39 is 11.6 Å². The normalized spacial score (nSPS) is 13.6. The van der Waals surface area contributed by atoms with Gasteiger partial charge in [-0.2, -0.15) is 5.10 Å². The second-order valence-electron chi connectivity index (χ2n) is 7.47. The molecule has 0 fully saturated rings. The fourth-order valence-electron chi connectivity index (χ4n) is 3.07. The Balaban J connectivity index is 2.04. The fourth-order valence-corrected chi connectivity index (χ4v) is 3.07. The second kappa shape index (κ2) is 6.81. The summed E-state index contributed by atoms with van der Waals surface area (Å²) >= 11 is 0. The Bertz CT molecular complexity index is 659. The van der Waals surface area contributed by atoms with Crippen LogP contribution < -0.4 is 0 Å². The van der Waals surface area contributed by atoms with Crippen LogP contribution in [0.25, 0.3) is 0 Å². The maximum Gasteiger partial charge on any atom is 0.159 e. The summed E-state index contributed by atoms with van der Waals surface area (Å²) in [5.74, 6) is -0.733. The summed E-state index contributed by atoms with van der Waals surface area (Å²) in [5.41, 5.74) is 1.84. The van der Waals surface area contributed by atoms with Crippen molar-refractivity contribution in [2.45, 2.75) is 58.9 Å². The first-order chi connectivity index (χ1) is 10.7. The van der Waals surface area contributed by atoms with Crippen molar-refractivity contribution in [3.63, 3.8) is 0 Å². The first-order valence-electron chi connectivity index (χ1n) is 8.17. The lowest BCUT2D eigenvalue weighted by Crippen LogP contribution is -2.23. The van der Waals surface area contributed by atoms with E-state index in [-0.39, 0.29) is 5.41 Å². The van der Waals surface area contributed by atoms with Crippen LogP contribution in [0.1, 0.15) is 58.1 Å². The summed E-state index contributed by atoms with van der Waals surface area (Å²) in [6, 6.07) is 4.20. The van der Waals surface area contributed by atoms with Gasteiger partial charge in [-0.3, -0.25) is 4.68 Å². The summed E-state index contributed by atoms with van der Waals surface area (Å²) in [7, 11) is 0. The van der Waals surface area contributed by atoms with E-state index in [1.165, 1.54) is 17.7 Å². The molecule has 0 amide bonds. The molecule has 23 heavy (non-hydrogen) atoms. The predicted octanol–water partition coefficient (Wildman–Crippen LogP) is 5.29. The van der Waals surface area contributed by atoms with E-state index in [2.05, 4.69) is 45.9 Å². The van der Waals surface area contributed by atoms with Gasteiger partial charge in [0.1, 0.15) is 0 Å². The highest BCUT2D eigenvalue weighted by Gasteiger charge is 2.25. The molecule has 1 unspecified atom stereocenters. The molecule has 2 aromatic rings. The molecule has 1 atom stereocenters. The van der Waals surface area contributed by atoms with Gasteiger partial charge in [0.05, 0.1) is 6.20 Å². The third kappa shape index (κ3) is 4.40. The summed E-state index contributed by atoms with van der Waals surface area (Å²) < 4.78 is 28.6. The summed E-state index contributed by atoms with van der Waals surface area (Å²) in [4.78, 5) is 0. The highest BCUT2D eigenvalue weighted by molar-refractivity contribution is 5.25. The van der Waals surface area contributed by atoms with E-state index >= 15 is 0 Å². The Morgan fingerprint density at radius 1 is 1.13 bits per heavy atom. The molecule has 0 aliphatic rings. The van der Waals surface area contributed by atoms with Gasteiger partial charge in [-0.05, 0) is 46.9 Å². The van der Waals surface area contributed by atoms with Gasteiger partial charge < -0.3 is 0 Å². The fraction of sp³-hybridized carbons (Fsp3) is 0.526. The third-order valence-electron chi connectivity index (χ3n) is 4.38. The Morgan fingerprint density at radius 3 is 2.39 bits per heavy atom. The lowest BCUT2D eigenvalue weighted by atomic mass is 9.77. The summed E-state index contributed by atoms with van der Waals surface area (Å²) in [6.45, 7) is 11.4. The minimum absolute atomic E-state index is 0.220. The van der Waals surface area contributed by atoms with Gasteiger partial charge in [0.15, 0.2) is 11.6 Å².